The summed E-state index contributed by atoms with van der Waals surface area (Å²) >= 11 is 0. The smallest absolute Gasteiger partial charge is 0.224 e. The summed E-state index contributed by atoms with van der Waals surface area (Å²) in [5.41, 5.74) is 1.15. The Labute approximate surface area is 155 Å². The van der Waals surface area contributed by atoms with Gasteiger partial charge in [-0.3, -0.25) is 9.69 Å². The SMILES string of the molecule is Cc1ccc(NCCCNC(=O)C2CCCN(Cc3ccco3)C2)nc1. The first-order valence-electron chi connectivity index (χ1n) is 9.39. The van der Waals surface area contributed by atoms with Crippen molar-refractivity contribution in [3.63, 3.8) is 0 Å². The van der Waals surface area contributed by atoms with Crippen molar-refractivity contribution in [2.75, 3.05) is 31.5 Å². The van der Waals surface area contributed by atoms with Gasteiger partial charge in [0, 0.05) is 25.8 Å². The summed E-state index contributed by atoms with van der Waals surface area (Å²) in [6.45, 7) is 6.12. The molecule has 0 radical (unpaired) electrons. The van der Waals surface area contributed by atoms with Crippen LogP contribution in [0.25, 0.3) is 0 Å². The second-order valence-electron chi connectivity index (χ2n) is 6.95. The number of carbonyl (C=O) groups is 1. The van der Waals surface area contributed by atoms with E-state index in [2.05, 4.69) is 20.5 Å². The summed E-state index contributed by atoms with van der Waals surface area (Å²) in [5, 5.41) is 6.35. The molecule has 1 atom stereocenters. The predicted octanol–water partition coefficient (Wildman–Crippen LogP) is 2.81. The fraction of sp³-hybridized carbons (Fsp3) is 0.500. The van der Waals surface area contributed by atoms with Crippen LogP contribution in [0.15, 0.2) is 41.1 Å². The minimum atomic E-state index is 0.0745. The molecule has 0 saturated carbocycles. The van der Waals surface area contributed by atoms with Crippen molar-refractivity contribution in [2.24, 2.45) is 5.92 Å². The molecule has 1 unspecified atom stereocenters. The van der Waals surface area contributed by atoms with Crippen LogP contribution in [0.2, 0.25) is 0 Å². The highest BCUT2D eigenvalue weighted by Gasteiger charge is 2.25. The summed E-state index contributed by atoms with van der Waals surface area (Å²) in [7, 11) is 0. The lowest BCUT2D eigenvalue weighted by atomic mass is 9.97. The van der Waals surface area contributed by atoms with Gasteiger partial charge in [0.1, 0.15) is 11.6 Å². The zero-order valence-corrected chi connectivity index (χ0v) is 15.4. The summed E-state index contributed by atoms with van der Waals surface area (Å²) in [4.78, 5) is 19.0. The number of hydrogen-bond acceptors (Lipinski definition) is 5. The van der Waals surface area contributed by atoms with Crippen molar-refractivity contribution in [2.45, 2.75) is 32.7 Å². The second kappa shape index (κ2) is 9.38. The predicted molar refractivity (Wildman–Crippen MR) is 102 cm³/mol. The van der Waals surface area contributed by atoms with Gasteiger partial charge in [-0.2, -0.15) is 0 Å². The van der Waals surface area contributed by atoms with Gasteiger partial charge in [0.15, 0.2) is 0 Å². The Morgan fingerprint density at radius 3 is 3.04 bits per heavy atom. The number of piperidine rings is 1. The van der Waals surface area contributed by atoms with Crippen molar-refractivity contribution in [3.8, 4) is 0 Å². The highest BCUT2D eigenvalue weighted by molar-refractivity contribution is 5.78. The van der Waals surface area contributed by atoms with Gasteiger partial charge in [-0.1, -0.05) is 6.07 Å². The molecule has 140 valence electrons. The highest BCUT2D eigenvalue weighted by Crippen LogP contribution is 2.19. The minimum Gasteiger partial charge on any atom is -0.468 e. The van der Waals surface area contributed by atoms with Crippen molar-refractivity contribution in [3.05, 3.63) is 48.0 Å². The Hall–Kier alpha value is -2.34. The minimum absolute atomic E-state index is 0.0745. The van der Waals surface area contributed by atoms with Crippen LogP contribution in [0.5, 0.6) is 0 Å². The first-order chi connectivity index (χ1) is 12.7. The van der Waals surface area contributed by atoms with Crippen molar-refractivity contribution < 1.29 is 9.21 Å². The number of hydrogen-bond donors (Lipinski definition) is 2. The molecule has 2 N–H and O–H groups in total. The zero-order chi connectivity index (χ0) is 18.2. The van der Waals surface area contributed by atoms with Crippen molar-refractivity contribution in [1.29, 1.82) is 0 Å². The average Bonchev–Trinajstić information content (AvgIpc) is 3.16. The molecule has 1 aliphatic rings. The molecule has 0 bridgehead atoms. The highest BCUT2D eigenvalue weighted by atomic mass is 16.3. The molecule has 1 aliphatic heterocycles. The van der Waals surface area contributed by atoms with E-state index in [9.17, 15) is 4.79 Å². The first-order valence-corrected chi connectivity index (χ1v) is 9.39. The van der Waals surface area contributed by atoms with Gasteiger partial charge in [-0.15, -0.1) is 0 Å². The number of nitrogens with one attached hydrogen (secondary N) is 2. The lowest BCUT2D eigenvalue weighted by molar-refractivity contribution is -0.126. The summed E-state index contributed by atoms with van der Waals surface area (Å²) in [6, 6.07) is 7.90. The van der Waals surface area contributed by atoms with Gasteiger partial charge in [0.05, 0.1) is 18.7 Å². The van der Waals surface area contributed by atoms with E-state index in [0.717, 1.165) is 62.6 Å². The maximum atomic E-state index is 12.4. The fourth-order valence-corrected chi connectivity index (χ4v) is 3.27. The standard InChI is InChI=1S/C20H28N4O2/c1-16-7-8-19(23-13-16)21-9-4-10-22-20(25)17-5-2-11-24(14-17)15-18-6-3-12-26-18/h3,6-8,12-13,17H,2,4-5,9-11,14-15H2,1H3,(H,21,23)(H,22,25). The van der Waals surface area contributed by atoms with E-state index in [4.69, 9.17) is 4.42 Å². The summed E-state index contributed by atoms with van der Waals surface area (Å²) in [5.74, 6) is 2.08. The van der Waals surface area contributed by atoms with E-state index in [1.54, 1.807) is 6.26 Å². The van der Waals surface area contributed by atoms with E-state index in [1.165, 1.54) is 0 Å². The van der Waals surface area contributed by atoms with Gasteiger partial charge in [0.2, 0.25) is 5.91 Å². The van der Waals surface area contributed by atoms with Crippen LogP contribution in [-0.4, -0.2) is 42.0 Å². The quantitative estimate of drug-likeness (QED) is 0.712. The third-order valence-electron chi connectivity index (χ3n) is 4.71. The number of carbonyl (C=O) groups excluding carboxylic acids is 1. The average molecular weight is 356 g/mol. The van der Waals surface area contributed by atoms with E-state index in [1.807, 2.05) is 37.4 Å². The van der Waals surface area contributed by atoms with Gasteiger partial charge < -0.3 is 15.1 Å². The monoisotopic (exact) mass is 356 g/mol. The Balaban J connectivity index is 1.33. The Kier molecular flexibility index (Phi) is 6.66. The molecule has 6 nitrogen and oxygen atoms in total. The van der Waals surface area contributed by atoms with Gasteiger partial charge in [-0.05, 0) is 56.5 Å². The van der Waals surface area contributed by atoms with E-state index in [-0.39, 0.29) is 11.8 Å². The summed E-state index contributed by atoms with van der Waals surface area (Å²) in [6.07, 6.45) is 6.45. The molecule has 3 heterocycles. The molecular weight excluding hydrogens is 328 g/mol. The molecule has 0 aliphatic carbocycles. The Morgan fingerprint density at radius 1 is 1.35 bits per heavy atom. The molecule has 0 spiro atoms. The lowest BCUT2D eigenvalue weighted by Crippen LogP contribution is -2.43. The number of furan rings is 1. The maximum Gasteiger partial charge on any atom is 0.224 e. The van der Waals surface area contributed by atoms with Crippen LogP contribution >= 0.6 is 0 Å². The number of rotatable bonds is 8. The number of pyridine rings is 1. The molecule has 1 amide bonds. The molecule has 26 heavy (non-hydrogen) atoms. The number of nitrogens with zero attached hydrogens (tertiary/aromatic N) is 2. The molecule has 0 aromatic carbocycles. The van der Waals surface area contributed by atoms with Crippen molar-refractivity contribution in [1.82, 2.24) is 15.2 Å². The van der Waals surface area contributed by atoms with Crippen LogP contribution in [-0.2, 0) is 11.3 Å². The molecule has 6 heteroatoms. The van der Waals surface area contributed by atoms with Crippen LogP contribution in [0.4, 0.5) is 5.82 Å². The van der Waals surface area contributed by atoms with E-state index < -0.39 is 0 Å². The molecule has 2 aromatic rings. The topological polar surface area (TPSA) is 70.4 Å². The van der Waals surface area contributed by atoms with Crippen LogP contribution in [0, 0.1) is 12.8 Å². The first kappa shape index (κ1) is 18.5. The number of aryl methyl sites for hydroxylation is 1. The largest absolute Gasteiger partial charge is 0.468 e. The molecule has 1 saturated heterocycles. The van der Waals surface area contributed by atoms with E-state index >= 15 is 0 Å². The number of amides is 1. The van der Waals surface area contributed by atoms with Crippen LogP contribution < -0.4 is 10.6 Å². The number of aromatic nitrogens is 1. The van der Waals surface area contributed by atoms with Crippen molar-refractivity contribution >= 4 is 11.7 Å². The second-order valence-corrected chi connectivity index (χ2v) is 6.95. The lowest BCUT2D eigenvalue weighted by Gasteiger charge is -2.31. The van der Waals surface area contributed by atoms with E-state index in [0.29, 0.717) is 6.54 Å². The number of anilines is 1. The maximum absolute atomic E-state index is 12.4. The fourth-order valence-electron chi connectivity index (χ4n) is 3.27. The Morgan fingerprint density at radius 2 is 2.27 bits per heavy atom. The molecular formula is C20H28N4O2. The zero-order valence-electron chi connectivity index (χ0n) is 15.4. The van der Waals surface area contributed by atoms with Crippen LogP contribution in [0.1, 0.15) is 30.6 Å². The third kappa shape index (κ3) is 5.59. The Bertz CT molecular complexity index is 670. The number of likely N-dealkylation sites (tertiary alicyclic amines) is 1. The van der Waals surface area contributed by atoms with Gasteiger partial charge in [-0.25, -0.2) is 4.98 Å². The van der Waals surface area contributed by atoms with Gasteiger partial charge in [0.25, 0.3) is 0 Å². The third-order valence-corrected chi connectivity index (χ3v) is 4.71. The van der Waals surface area contributed by atoms with Crippen LogP contribution in [0.3, 0.4) is 0 Å². The summed E-state index contributed by atoms with van der Waals surface area (Å²) < 4.78 is 5.41. The molecule has 1 fully saturated rings. The molecule has 3 rings (SSSR count). The molecule has 2 aromatic heterocycles. The van der Waals surface area contributed by atoms with Gasteiger partial charge >= 0.3 is 0 Å². The normalized spacial score (nSPS) is 17.8.